The smallest absolute Gasteiger partial charge is 0.0698 e. The van der Waals surface area contributed by atoms with Crippen LogP contribution in [-0.4, -0.2) is 24.4 Å². The van der Waals surface area contributed by atoms with Crippen LogP contribution in [0.1, 0.15) is 24.8 Å². The van der Waals surface area contributed by atoms with Crippen molar-refractivity contribution in [2.24, 2.45) is 17.6 Å². The largest absolute Gasteiger partial charge is 0.396 e. The number of rotatable bonds is 3. The molecule has 1 saturated heterocycles. The van der Waals surface area contributed by atoms with E-state index in [1.54, 1.807) is 0 Å². The molecule has 0 bridgehead atoms. The minimum absolute atomic E-state index is 0.0965. The van der Waals surface area contributed by atoms with Gasteiger partial charge in [-0.1, -0.05) is 30.3 Å². The van der Waals surface area contributed by atoms with Gasteiger partial charge in [0.15, 0.2) is 0 Å². The molecule has 1 aromatic rings. The molecule has 3 N–H and O–H groups in total. The number of benzene rings is 1. The molecule has 2 aliphatic rings. The van der Waals surface area contributed by atoms with E-state index in [9.17, 15) is 5.11 Å². The fraction of sp³-hybridized carbons (Fsp3) is 0.600. The molecule has 1 aliphatic carbocycles. The first-order chi connectivity index (χ1) is 8.74. The van der Waals surface area contributed by atoms with Crippen LogP contribution < -0.4 is 5.73 Å². The van der Waals surface area contributed by atoms with Crippen molar-refractivity contribution in [1.29, 1.82) is 0 Å². The van der Waals surface area contributed by atoms with Crippen molar-refractivity contribution in [2.75, 3.05) is 13.2 Å². The number of hydrogen-bond donors (Lipinski definition) is 2. The number of hydrogen-bond acceptors (Lipinski definition) is 3. The molecule has 1 saturated carbocycles. The lowest BCUT2D eigenvalue weighted by atomic mass is 9.74. The highest BCUT2D eigenvalue weighted by Gasteiger charge is 2.46. The summed E-state index contributed by atoms with van der Waals surface area (Å²) in [6.07, 6.45) is 3.73. The summed E-state index contributed by atoms with van der Waals surface area (Å²) in [5.41, 5.74) is 7.06. The standard InChI is InChI=1S/C15H21NO2/c16-15(12-4-2-1-3-5-12)10-18-14(11-6-7-11)8-13(15)9-17/h1-5,11,13-14,17H,6-10,16H2. The Labute approximate surface area is 108 Å². The van der Waals surface area contributed by atoms with Gasteiger partial charge >= 0.3 is 0 Å². The van der Waals surface area contributed by atoms with Crippen molar-refractivity contribution in [3.63, 3.8) is 0 Å². The van der Waals surface area contributed by atoms with E-state index in [-0.39, 0.29) is 12.5 Å². The summed E-state index contributed by atoms with van der Waals surface area (Å²) in [4.78, 5) is 0. The third kappa shape index (κ3) is 2.07. The van der Waals surface area contributed by atoms with Crippen LogP contribution in [0.25, 0.3) is 0 Å². The molecular formula is C15H21NO2. The lowest BCUT2D eigenvalue weighted by Crippen LogP contribution is -2.55. The number of aliphatic hydroxyl groups is 1. The summed E-state index contributed by atoms with van der Waals surface area (Å²) < 4.78 is 5.97. The molecule has 3 heteroatoms. The fourth-order valence-corrected chi connectivity index (χ4v) is 3.02. The van der Waals surface area contributed by atoms with Crippen molar-refractivity contribution in [3.05, 3.63) is 35.9 Å². The zero-order chi connectivity index (χ0) is 12.6. The molecule has 3 unspecified atom stereocenters. The minimum Gasteiger partial charge on any atom is -0.396 e. The van der Waals surface area contributed by atoms with E-state index >= 15 is 0 Å². The maximum atomic E-state index is 9.67. The van der Waals surface area contributed by atoms with E-state index in [0.29, 0.717) is 18.6 Å². The molecule has 0 spiro atoms. The Balaban J connectivity index is 1.82. The first-order valence-corrected chi connectivity index (χ1v) is 6.81. The Morgan fingerprint density at radius 2 is 2.00 bits per heavy atom. The van der Waals surface area contributed by atoms with Crippen molar-refractivity contribution >= 4 is 0 Å². The molecule has 98 valence electrons. The third-order valence-corrected chi connectivity index (χ3v) is 4.46. The van der Waals surface area contributed by atoms with Gasteiger partial charge < -0.3 is 15.6 Å². The average molecular weight is 247 g/mol. The number of nitrogens with two attached hydrogens (primary N) is 1. The van der Waals surface area contributed by atoms with Crippen LogP contribution in [0.2, 0.25) is 0 Å². The summed E-state index contributed by atoms with van der Waals surface area (Å²) in [5.74, 6) is 0.804. The second-order valence-corrected chi connectivity index (χ2v) is 5.71. The lowest BCUT2D eigenvalue weighted by Gasteiger charge is -2.44. The summed E-state index contributed by atoms with van der Waals surface area (Å²) >= 11 is 0. The Morgan fingerprint density at radius 3 is 2.61 bits per heavy atom. The number of aliphatic hydroxyl groups excluding tert-OH is 1. The zero-order valence-electron chi connectivity index (χ0n) is 10.6. The van der Waals surface area contributed by atoms with Gasteiger partial charge in [0.05, 0.1) is 18.2 Å². The van der Waals surface area contributed by atoms with Crippen LogP contribution in [0.15, 0.2) is 30.3 Å². The monoisotopic (exact) mass is 247 g/mol. The molecule has 1 heterocycles. The van der Waals surface area contributed by atoms with Crippen molar-refractivity contribution < 1.29 is 9.84 Å². The molecule has 2 fully saturated rings. The van der Waals surface area contributed by atoms with Gasteiger partial charge in [0.2, 0.25) is 0 Å². The summed E-state index contributed by atoms with van der Waals surface area (Å²) in [6, 6.07) is 10.0. The molecule has 0 amide bonds. The summed E-state index contributed by atoms with van der Waals surface area (Å²) in [6.45, 7) is 0.654. The van der Waals surface area contributed by atoms with Gasteiger partial charge in [-0.05, 0) is 30.7 Å². The van der Waals surface area contributed by atoms with E-state index in [1.165, 1.54) is 12.8 Å². The van der Waals surface area contributed by atoms with E-state index in [2.05, 4.69) is 0 Å². The predicted molar refractivity (Wildman–Crippen MR) is 70.0 cm³/mol. The van der Waals surface area contributed by atoms with Crippen molar-refractivity contribution in [1.82, 2.24) is 0 Å². The van der Waals surface area contributed by atoms with Gasteiger partial charge in [0.25, 0.3) is 0 Å². The van der Waals surface area contributed by atoms with Gasteiger partial charge in [-0.2, -0.15) is 0 Å². The van der Waals surface area contributed by atoms with Gasteiger partial charge in [-0.3, -0.25) is 0 Å². The first-order valence-electron chi connectivity index (χ1n) is 6.81. The molecule has 1 aliphatic heterocycles. The quantitative estimate of drug-likeness (QED) is 0.854. The van der Waals surface area contributed by atoms with E-state index in [4.69, 9.17) is 10.5 Å². The molecular weight excluding hydrogens is 226 g/mol. The Kier molecular flexibility index (Phi) is 3.14. The maximum Gasteiger partial charge on any atom is 0.0698 e. The predicted octanol–water partition coefficient (Wildman–Crippen LogP) is 1.65. The highest BCUT2D eigenvalue weighted by Crippen LogP contribution is 2.43. The van der Waals surface area contributed by atoms with E-state index < -0.39 is 5.54 Å². The molecule has 18 heavy (non-hydrogen) atoms. The zero-order valence-corrected chi connectivity index (χ0v) is 10.6. The van der Waals surface area contributed by atoms with E-state index in [1.807, 2.05) is 30.3 Å². The van der Waals surface area contributed by atoms with Gasteiger partial charge in [-0.25, -0.2) is 0 Å². The van der Waals surface area contributed by atoms with Crippen LogP contribution in [0.3, 0.4) is 0 Å². The van der Waals surface area contributed by atoms with Crippen LogP contribution in [-0.2, 0) is 10.3 Å². The Hall–Kier alpha value is -0.900. The highest BCUT2D eigenvalue weighted by atomic mass is 16.5. The second-order valence-electron chi connectivity index (χ2n) is 5.71. The van der Waals surface area contributed by atoms with Gasteiger partial charge in [-0.15, -0.1) is 0 Å². The highest BCUT2D eigenvalue weighted by molar-refractivity contribution is 5.26. The number of ether oxygens (including phenoxy) is 1. The molecule has 3 nitrogen and oxygen atoms in total. The van der Waals surface area contributed by atoms with Crippen LogP contribution in [0, 0.1) is 11.8 Å². The molecule has 3 atom stereocenters. The van der Waals surface area contributed by atoms with E-state index in [0.717, 1.165) is 12.0 Å². The molecule has 3 rings (SSSR count). The topological polar surface area (TPSA) is 55.5 Å². The SMILES string of the molecule is NC1(c2ccccc2)COC(C2CC2)CC1CO. The Bertz CT molecular complexity index is 404. The first kappa shape index (κ1) is 12.2. The van der Waals surface area contributed by atoms with Crippen LogP contribution in [0.4, 0.5) is 0 Å². The average Bonchev–Trinajstić information content (AvgIpc) is 3.25. The van der Waals surface area contributed by atoms with Gasteiger partial charge in [0, 0.05) is 12.5 Å². The van der Waals surface area contributed by atoms with Crippen LogP contribution >= 0.6 is 0 Å². The maximum absolute atomic E-state index is 9.67. The molecule has 1 aromatic carbocycles. The van der Waals surface area contributed by atoms with Crippen molar-refractivity contribution in [3.8, 4) is 0 Å². The third-order valence-electron chi connectivity index (χ3n) is 4.46. The second kappa shape index (κ2) is 4.65. The van der Waals surface area contributed by atoms with Crippen LogP contribution in [0.5, 0.6) is 0 Å². The molecule has 0 aromatic heterocycles. The summed E-state index contributed by atoms with van der Waals surface area (Å²) in [7, 11) is 0. The summed E-state index contributed by atoms with van der Waals surface area (Å²) in [5, 5.41) is 9.67. The van der Waals surface area contributed by atoms with Gasteiger partial charge in [0.1, 0.15) is 0 Å². The van der Waals surface area contributed by atoms with Crippen molar-refractivity contribution in [2.45, 2.75) is 30.9 Å². The Morgan fingerprint density at radius 1 is 1.28 bits per heavy atom. The normalized spacial score (nSPS) is 36.6. The lowest BCUT2D eigenvalue weighted by molar-refractivity contribution is -0.0833. The minimum atomic E-state index is -0.540. The molecule has 0 radical (unpaired) electrons. The fourth-order valence-electron chi connectivity index (χ4n) is 3.02.